The highest BCUT2D eigenvalue weighted by Crippen LogP contribution is 2.31. The molecule has 1 aromatic carbocycles. The molecular weight excluding hydrogens is 446 g/mol. The van der Waals surface area contributed by atoms with E-state index in [0.29, 0.717) is 12.5 Å². The molecule has 4 rings (SSSR count). The largest absolute Gasteiger partial charge is 0.623 e. The summed E-state index contributed by atoms with van der Waals surface area (Å²) in [6.07, 6.45) is 8.52. The lowest BCUT2D eigenvalue weighted by Crippen LogP contribution is -2.34. The number of benzene rings is 1. The quantitative estimate of drug-likeness (QED) is 0.201. The SMILES string of the molecule is CCc1cnc(N2CCC(c3nc(COc4ccc(/C=[N+](\[O-])C(C)(C)C)cc4)cs3)CC2)nc1. The Morgan fingerprint density at radius 1 is 1.15 bits per heavy atom. The number of ether oxygens (including phenoxy) is 1. The lowest BCUT2D eigenvalue weighted by Gasteiger charge is -2.31. The molecular formula is C26H33N5O2S. The van der Waals surface area contributed by atoms with Gasteiger partial charge in [0.05, 0.1) is 10.7 Å². The van der Waals surface area contributed by atoms with Crippen molar-refractivity contribution in [2.45, 2.75) is 65.0 Å². The van der Waals surface area contributed by atoms with Crippen molar-refractivity contribution < 1.29 is 9.48 Å². The average Bonchev–Trinajstić information content (AvgIpc) is 3.32. The molecule has 1 aliphatic rings. The van der Waals surface area contributed by atoms with E-state index in [9.17, 15) is 5.21 Å². The Kier molecular flexibility index (Phi) is 7.46. The highest BCUT2D eigenvalue weighted by molar-refractivity contribution is 7.09. The summed E-state index contributed by atoms with van der Waals surface area (Å²) >= 11 is 1.72. The Hall–Kier alpha value is -3.00. The molecule has 0 unspecified atom stereocenters. The van der Waals surface area contributed by atoms with Crippen LogP contribution in [-0.2, 0) is 13.0 Å². The Bertz CT molecular complexity index is 1100. The first-order valence-electron chi connectivity index (χ1n) is 11.9. The van der Waals surface area contributed by atoms with E-state index >= 15 is 0 Å². The highest BCUT2D eigenvalue weighted by Gasteiger charge is 2.24. The number of hydrogen-bond donors (Lipinski definition) is 0. The molecule has 0 saturated carbocycles. The molecule has 3 heterocycles. The Morgan fingerprint density at radius 3 is 2.44 bits per heavy atom. The zero-order valence-corrected chi connectivity index (χ0v) is 21.2. The van der Waals surface area contributed by atoms with Crippen LogP contribution in [0.3, 0.4) is 0 Å². The van der Waals surface area contributed by atoms with Crippen molar-refractivity contribution >= 4 is 23.5 Å². The van der Waals surface area contributed by atoms with E-state index in [0.717, 1.165) is 60.0 Å². The molecule has 0 amide bonds. The summed E-state index contributed by atoms with van der Waals surface area (Å²) in [5.41, 5.74) is 2.52. The minimum absolute atomic E-state index is 0.436. The highest BCUT2D eigenvalue weighted by atomic mass is 32.1. The van der Waals surface area contributed by atoms with Crippen LogP contribution in [0.15, 0.2) is 42.0 Å². The summed E-state index contributed by atoms with van der Waals surface area (Å²) in [5.74, 6) is 2.06. The maximum absolute atomic E-state index is 12.1. The molecule has 34 heavy (non-hydrogen) atoms. The maximum Gasteiger partial charge on any atom is 0.225 e. The van der Waals surface area contributed by atoms with E-state index in [2.05, 4.69) is 27.2 Å². The molecule has 1 aliphatic heterocycles. The van der Waals surface area contributed by atoms with Crippen LogP contribution in [0.25, 0.3) is 0 Å². The van der Waals surface area contributed by atoms with Gasteiger partial charge in [0.1, 0.15) is 12.4 Å². The van der Waals surface area contributed by atoms with Gasteiger partial charge in [0, 0.05) is 63.1 Å². The predicted octanol–water partition coefficient (Wildman–Crippen LogP) is 5.19. The Balaban J connectivity index is 1.28. The fourth-order valence-corrected chi connectivity index (χ4v) is 4.71. The number of piperidine rings is 1. The van der Waals surface area contributed by atoms with Gasteiger partial charge in [-0.05, 0) is 49.1 Å². The van der Waals surface area contributed by atoms with Gasteiger partial charge in [-0.3, -0.25) is 0 Å². The van der Waals surface area contributed by atoms with Gasteiger partial charge >= 0.3 is 0 Å². The second-order valence-electron chi connectivity index (χ2n) is 9.67. The summed E-state index contributed by atoms with van der Waals surface area (Å²) in [5, 5.41) is 15.4. The molecule has 3 aromatic rings. The van der Waals surface area contributed by atoms with E-state index in [1.165, 1.54) is 10.6 Å². The maximum atomic E-state index is 12.1. The molecule has 7 nitrogen and oxygen atoms in total. The monoisotopic (exact) mass is 479 g/mol. The topological polar surface area (TPSA) is 77.2 Å². The van der Waals surface area contributed by atoms with Gasteiger partial charge in [0.15, 0.2) is 11.8 Å². The van der Waals surface area contributed by atoms with Crippen LogP contribution in [-0.4, -0.2) is 44.5 Å². The van der Waals surface area contributed by atoms with Crippen LogP contribution in [0, 0.1) is 5.21 Å². The first-order valence-corrected chi connectivity index (χ1v) is 12.7. The van der Waals surface area contributed by atoms with Crippen LogP contribution in [0.1, 0.15) is 68.3 Å². The Morgan fingerprint density at radius 2 is 1.82 bits per heavy atom. The van der Waals surface area contributed by atoms with Gasteiger partial charge in [0.25, 0.3) is 0 Å². The summed E-state index contributed by atoms with van der Waals surface area (Å²) in [4.78, 5) is 16.2. The first-order chi connectivity index (χ1) is 16.3. The van der Waals surface area contributed by atoms with E-state index in [-0.39, 0.29) is 0 Å². The van der Waals surface area contributed by atoms with Crippen molar-refractivity contribution in [3.8, 4) is 5.75 Å². The molecule has 8 heteroatoms. The van der Waals surface area contributed by atoms with Gasteiger partial charge in [-0.2, -0.15) is 0 Å². The van der Waals surface area contributed by atoms with Gasteiger partial charge in [-0.15, -0.1) is 11.3 Å². The first kappa shape index (κ1) is 24.1. The molecule has 0 radical (unpaired) electrons. The van der Waals surface area contributed by atoms with Crippen molar-refractivity contribution in [3.63, 3.8) is 0 Å². The van der Waals surface area contributed by atoms with Crippen molar-refractivity contribution in [1.82, 2.24) is 15.0 Å². The molecule has 0 N–H and O–H groups in total. The van der Waals surface area contributed by atoms with E-state index in [1.807, 2.05) is 57.4 Å². The van der Waals surface area contributed by atoms with Gasteiger partial charge in [-0.1, -0.05) is 6.92 Å². The second kappa shape index (κ2) is 10.5. The number of rotatable bonds is 7. The van der Waals surface area contributed by atoms with Gasteiger partial charge < -0.3 is 14.8 Å². The molecule has 0 atom stereocenters. The van der Waals surface area contributed by atoms with Crippen LogP contribution in [0.4, 0.5) is 5.95 Å². The standard InChI is InChI=1S/C26H33N5O2S/c1-5-19-14-27-25(28-15-19)30-12-10-21(11-13-30)24-29-22(18-34-24)17-33-23-8-6-20(7-9-23)16-31(32)26(2,3)4/h6-9,14-16,18,21H,5,10-13,17H2,1-4H3/b31-16-. The fraction of sp³-hybridized carbons (Fsp3) is 0.462. The number of hydrogen-bond acceptors (Lipinski definition) is 7. The molecule has 0 bridgehead atoms. The fourth-order valence-electron chi connectivity index (χ4n) is 3.73. The average molecular weight is 480 g/mol. The van der Waals surface area contributed by atoms with Crippen molar-refractivity contribution in [1.29, 1.82) is 0 Å². The van der Waals surface area contributed by atoms with Gasteiger partial charge in [-0.25, -0.2) is 19.7 Å². The Labute approximate surface area is 205 Å². The molecule has 1 saturated heterocycles. The second-order valence-corrected chi connectivity index (χ2v) is 10.6. The van der Waals surface area contributed by atoms with Crippen LogP contribution < -0.4 is 9.64 Å². The number of aromatic nitrogens is 3. The number of thiazole rings is 1. The summed E-state index contributed by atoms with van der Waals surface area (Å²) in [6, 6.07) is 7.57. The smallest absolute Gasteiger partial charge is 0.225 e. The van der Waals surface area contributed by atoms with Gasteiger partial charge in [0.2, 0.25) is 5.95 Å². The predicted molar refractivity (Wildman–Crippen MR) is 137 cm³/mol. The zero-order valence-electron chi connectivity index (χ0n) is 20.4. The third-order valence-electron chi connectivity index (χ3n) is 5.99. The summed E-state index contributed by atoms with van der Waals surface area (Å²) < 4.78 is 6.90. The molecule has 0 aliphatic carbocycles. The van der Waals surface area contributed by atoms with E-state index in [1.54, 1.807) is 17.6 Å². The number of anilines is 1. The van der Waals surface area contributed by atoms with E-state index in [4.69, 9.17) is 9.72 Å². The van der Waals surface area contributed by atoms with E-state index < -0.39 is 5.54 Å². The van der Waals surface area contributed by atoms with Crippen molar-refractivity contribution in [2.24, 2.45) is 0 Å². The molecule has 0 spiro atoms. The third-order valence-corrected chi connectivity index (χ3v) is 7.05. The van der Waals surface area contributed by atoms with Crippen LogP contribution >= 0.6 is 11.3 Å². The molecule has 180 valence electrons. The van der Waals surface area contributed by atoms with Crippen molar-refractivity contribution in [2.75, 3.05) is 18.0 Å². The van der Waals surface area contributed by atoms with Crippen LogP contribution in [0.5, 0.6) is 5.75 Å². The number of hydroxylamine groups is 1. The summed E-state index contributed by atoms with van der Waals surface area (Å²) in [6.45, 7) is 10.1. The number of aryl methyl sites for hydroxylation is 1. The number of nitrogens with zero attached hydrogens (tertiary/aromatic N) is 5. The summed E-state index contributed by atoms with van der Waals surface area (Å²) in [7, 11) is 0. The van der Waals surface area contributed by atoms with Crippen LogP contribution in [0.2, 0.25) is 0 Å². The lowest BCUT2D eigenvalue weighted by atomic mass is 9.98. The molecule has 2 aromatic heterocycles. The normalized spacial score (nSPS) is 15.5. The molecule has 1 fully saturated rings. The zero-order chi connectivity index (χ0) is 24.1. The minimum atomic E-state index is -0.456. The third kappa shape index (κ3) is 6.11. The van der Waals surface area contributed by atoms with Crippen molar-refractivity contribution in [3.05, 3.63) is 69.1 Å². The minimum Gasteiger partial charge on any atom is -0.623 e. The lowest BCUT2D eigenvalue weighted by molar-refractivity contribution is -0.530.